The maximum atomic E-state index is 12.1. The van der Waals surface area contributed by atoms with Crippen molar-refractivity contribution in [1.29, 1.82) is 0 Å². The first kappa shape index (κ1) is 14.5. The number of pyridine rings is 1. The summed E-state index contributed by atoms with van der Waals surface area (Å²) in [6, 6.07) is 2.09. The van der Waals surface area contributed by atoms with Gasteiger partial charge in [-0.05, 0) is 34.8 Å². The lowest BCUT2D eigenvalue weighted by Gasteiger charge is -2.24. The summed E-state index contributed by atoms with van der Waals surface area (Å²) in [4.78, 5) is 22.8. The van der Waals surface area contributed by atoms with Crippen LogP contribution in [0.3, 0.4) is 0 Å². The van der Waals surface area contributed by atoms with Crippen LogP contribution in [0, 0.1) is 0 Å². The van der Waals surface area contributed by atoms with Crippen LogP contribution >= 0.6 is 27.3 Å². The Morgan fingerprint density at radius 3 is 3.19 bits per heavy atom. The number of halogens is 1. The first-order valence-corrected chi connectivity index (χ1v) is 8.46. The lowest BCUT2D eigenvalue weighted by molar-refractivity contribution is 0.0951. The first-order chi connectivity index (χ1) is 10.2. The van der Waals surface area contributed by atoms with E-state index in [-0.39, 0.29) is 5.91 Å². The van der Waals surface area contributed by atoms with Crippen LogP contribution in [0.5, 0.6) is 0 Å². The number of anilines is 1. The molecule has 1 N–H and O–H groups in total. The van der Waals surface area contributed by atoms with E-state index < -0.39 is 0 Å². The molecule has 0 aromatic carbocycles. The minimum Gasteiger partial charge on any atom is -0.350 e. The fraction of sp³-hybridized carbons (Fsp3) is 0.357. The molecular formula is C14H15BrN4OS. The highest BCUT2D eigenvalue weighted by Gasteiger charge is 2.26. The van der Waals surface area contributed by atoms with Gasteiger partial charge in [0.05, 0.1) is 5.56 Å². The molecule has 3 rings (SSSR count). The van der Waals surface area contributed by atoms with Crippen molar-refractivity contribution < 1.29 is 4.79 Å². The fourth-order valence-corrected chi connectivity index (χ4v) is 3.61. The van der Waals surface area contributed by atoms with Crippen LogP contribution < -0.4 is 10.2 Å². The van der Waals surface area contributed by atoms with Crippen LogP contribution in [0.4, 0.5) is 5.13 Å². The third-order valence-electron chi connectivity index (χ3n) is 3.51. The average Bonchev–Trinajstić information content (AvgIpc) is 3.15. The zero-order chi connectivity index (χ0) is 14.7. The van der Waals surface area contributed by atoms with E-state index in [4.69, 9.17) is 0 Å². The minimum absolute atomic E-state index is 0.0882. The molecule has 1 fully saturated rings. The van der Waals surface area contributed by atoms with Gasteiger partial charge in [-0.2, -0.15) is 0 Å². The highest BCUT2D eigenvalue weighted by atomic mass is 79.9. The number of aromatic nitrogens is 2. The quantitative estimate of drug-likeness (QED) is 0.903. The summed E-state index contributed by atoms with van der Waals surface area (Å²) in [6.45, 7) is 1.64. The van der Waals surface area contributed by atoms with E-state index in [0.29, 0.717) is 18.2 Å². The third-order valence-corrected chi connectivity index (χ3v) is 4.75. The zero-order valence-electron chi connectivity index (χ0n) is 11.3. The maximum absolute atomic E-state index is 12.1. The molecule has 1 saturated heterocycles. The number of hydrogen-bond donors (Lipinski definition) is 1. The molecule has 0 bridgehead atoms. The third kappa shape index (κ3) is 3.41. The summed E-state index contributed by atoms with van der Waals surface area (Å²) in [5.41, 5.74) is 0.572. The Morgan fingerprint density at radius 1 is 1.52 bits per heavy atom. The van der Waals surface area contributed by atoms with Crippen molar-refractivity contribution in [3.8, 4) is 0 Å². The van der Waals surface area contributed by atoms with Crippen LogP contribution in [0.1, 0.15) is 23.2 Å². The van der Waals surface area contributed by atoms with E-state index >= 15 is 0 Å². The number of thiazole rings is 1. The number of nitrogens with one attached hydrogen (secondary N) is 1. The van der Waals surface area contributed by atoms with Gasteiger partial charge in [-0.25, -0.2) is 4.98 Å². The lowest BCUT2D eigenvalue weighted by Crippen LogP contribution is -2.40. The topological polar surface area (TPSA) is 58.1 Å². The second kappa shape index (κ2) is 6.53. The van der Waals surface area contributed by atoms with Gasteiger partial charge >= 0.3 is 0 Å². The van der Waals surface area contributed by atoms with Gasteiger partial charge in [0.2, 0.25) is 0 Å². The lowest BCUT2D eigenvalue weighted by atomic mass is 10.2. The molecule has 0 aliphatic carbocycles. The number of carbonyl (C=O) groups is 1. The van der Waals surface area contributed by atoms with Gasteiger partial charge in [0.1, 0.15) is 0 Å². The standard InChI is InChI=1S/C14H15BrN4OS/c15-11-6-10(7-16-8-11)13(20)18-9-12-2-1-4-19(12)14-17-3-5-21-14/h3,5-8,12H,1-2,4,9H2,(H,18,20). The predicted octanol–water partition coefficient (Wildman–Crippen LogP) is 2.70. The minimum atomic E-state index is -0.0882. The van der Waals surface area contributed by atoms with Crippen molar-refractivity contribution in [1.82, 2.24) is 15.3 Å². The summed E-state index contributed by atoms with van der Waals surface area (Å²) in [5.74, 6) is -0.0882. The predicted molar refractivity (Wildman–Crippen MR) is 86.8 cm³/mol. The summed E-state index contributed by atoms with van der Waals surface area (Å²) >= 11 is 4.97. The van der Waals surface area contributed by atoms with Crippen LogP contribution in [0.2, 0.25) is 0 Å². The van der Waals surface area contributed by atoms with Gasteiger partial charge in [0.15, 0.2) is 5.13 Å². The molecule has 1 unspecified atom stereocenters. The van der Waals surface area contributed by atoms with Crippen molar-refractivity contribution in [3.05, 3.63) is 40.1 Å². The Kier molecular flexibility index (Phi) is 4.50. The molecule has 1 aliphatic rings. The Morgan fingerprint density at radius 2 is 2.43 bits per heavy atom. The number of rotatable bonds is 4. The van der Waals surface area contributed by atoms with Gasteiger partial charge < -0.3 is 10.2 Å². The molecule has 1 amide bonds. The Labute approximate surface area is 135 Å². The highest BCUT2D eigenvalue weighted by molar-refractivity contribution is 9.10. The number of carbonyl (C=O) groups excluding carboxylic acids is 1. The highest BCUT2D eigenvalue weighted by Crippen LogP contribution is 2.26. The van der Waals surface area contributed by atoms with Crippen molar-refractivity contribution >= 4 is 38.3 Å². The van der Waals surface area contributed by atoms with E-state index in [1.54, 1.807) is 29.8 Å². The van der Waals surface area contributed by atoms with Crippen LogP contribution in [-0.4, -0.2) is 35.0 Å². The Hall–Kier alpha value is -1.47. The van der Waals surface area contributed by atoms with Gasteiger partial charge in [-0.15, -0.1) is 11.3 Å². The van der Waals surface area contributed by atoms with Crippen LogP contribution in [-0.2, 0) is 0 Å². The molecule has 110 valence electrons. The summed E-state index contributed by atoms with van der Waals surface area (Å²) < 4.78 is 0.806. The first-order valence-electron chi connectivity index (χ1n) is 6.79. The summed E-state index contributed by atoms with van der Waals surface area (Å²) in [6.07, 6.45) is 7.28. The van der Waals surface area contributed by atoms with E-state index in [1.807, 2.05) is 11.6 Å². The second-order valence-corrected chi connectivity index (χ2v) is 6.69. The normalized spacial score (nSPS) is 18.0. The molecule has 0 saturated carbocycles. The molecule has 0 spiro atoms. The van der Waals surface area contributed by atoms with Crippen molar-refractivity contribution in [3.63, 3.8) is 0 Å². The Balaban J connectivity index is 1.61. The van der Waals surface area contributed by atoms with Crippen molar-refractivity contribution in [2.24, 2.45) is 0 Å². The summed E-state index contributed by atoms with van der Waals surface area (Å²) in [7, 11) is 0. The number of hydrogen-bond acceptors (Lipinski definition) is 5. The van der Waals surface area contributed by atoms with Crippen LogP contribution in [0.15, 0.2) is 34.5 Å². The monoisotopic (exact) mass is 366 g/mol. The zero-order valence-corrected chi connectivity index (χ0v) is 13.7. The molecule has 2 aromatic rings. The molecular weight excluding hydrogens is 352 g/mol. The number of nitrogens with zero attached hydrogens (tertiary/aromatic N) is 3. The van der Waals surface area contributed by atoms with E-state index in [2.05, 4.69) is 36.1 Å². The van der Waals surface area contributed by atoms with Gasteiger partial charge in [0, 0.05) is 47.6 Å². The smallest absolute Gasteiger partial charge is 0.252 e. The van der Waals surface area contributed by atoms with Gasteiger partial charge in [0.25, 0.3) is 5.91 Å². The molecule has 21 heavy (non-hydrogen) atoms. The van der Waals surface area contributed by atoms with Crippen molar-refractivity contribution in [2.75, 3.05) is 18.0 Å². The molecule has 1 aliphatic heterocycles. The largest absolute Gasteiger partial charge is 0.350 e. The van der Waals surface area contributed by atoms with Crippen molar-refractivity contribution in [2.45, 2.75) is 18.9 Å². The maximum Gasteiger partial charge on any atom is 0.252 e. The molecule has 3 heterocycles. The number of amides is 1. The second-order valence-electron chi connectivity index (χ2n) is 4.91. The summed E-state index contributed by atoms with van der Waals surface area (Å²) in [5, 5.41) is 6.02. The van der Waals surface area contributed by atoms with Gasteiger partial charge in [-0.3, -0.25) is 9.78 Å². The Bertz CT molecular complexity index is 619. The van der Waals surface area contributed by atoms with Crippen LogP contribution in [0.25, 0.3) is 0 Å². The molecule has 7 heteroatoms. The molecule has 5 nitrogen and oxygen atoms in total. The fourth-order valence-electron chi connectivity index (χ4n) is 2.51. The van der Waals surface area contributed by atoms with Gasteiger partial charge in [-0.1, -0.05) is 0 Å². The molecule has 1 atom stereocenters. The van der Waals surface area contributed by atoms with E-state index in [1.165, 1.54) is 0 Å². The average molecular weight is 367 g/mol. The molecule has 0 radical (unpaired) electrons. The van der Waals surface area contributed by atoms with E-state index in [0.717, 1.165) is 29.0 Å². The SMILES string of the molecule is O=C(NCC1CCCN1c1nccs1)c1cncc(Br)c1. The molecule has 2 aromatic heterocycles. The van der Waals surface area contributed by atoms with E-state index in [9.17, 15) is 4.79 Å².